The highest BCUT2D eigenvalue weighted by Crippen LogP contribution is 2.30. The molecule has 0 bridgehead atoms. The molecule has 0 spiro atoms. The fourth-order valence-corrected chi connectivity index (χ4v) is 2.43. The second-order valence-corrected chi connectivity index (χ2v) is 6.46. The predicted molar refractivity (Wildman–Crippen MR) is 121 cm³/mol. The lowest BCUT2D eigenvalue weighted by Gasteiger charge is -2.16. The lowest BCUT2D eigenvalue weighted by molar-refractivity contribution is -0.115. The summed E-state index contributed by atoms with van der Waals surface area (Å²) in [5.41, 5.74) is 1.14. The minimum absolute atomic E-state index is 0.0698. The summed E-state index contributed by atoms with van der Waals surface area (Å²) >= 11 is 0. The Morgan fingerprint density at radius 2 is 1.55 bits per heavy atom. The Bertz CT molecular complexity index is 1060. The van der Waals surface area contributed by atoms with E-state index in [1.165, 1.54) is 13.0 Å². The van der Waals surface area contributed by atoms with Gasteiger partial charge in [-0.25, -0.2) is 9.59 Å². The van der Waals surface area contributed by atoms with Gasteiger partial charge in [0.2, 0.25) is 11.9 Å². The van der Waals surface area contributed by atoms with Gasteiger partial charge in [-0.3, -0.25) is 14.9 Å². The van der Waals surface area contributed by atoms with Crippen LogP contribution in [0.1, 0.15) is 30.6 Å². The highest BCUT2D eigenvalue weighted by Gasteiger charge is 2.14. The van der Waals surface area contributed by atoms with Crippen LogP contribution < -0.4 is 20.7 Å². The third kappa shape index (κ3) is 7.65. The van der Waals surface area contributed by atoms with E-state index in [0.717, 1.165) is 14.2 Å². The molecule has 0 saturated heterocycles. The minimum Gasteiger partial charge on any atom is -0.457 e. The van der Waals surface area contributed by atoms with Gasteiger partial charge in [-0.05, 0) is 43.3 Å². The monoisotopic (exact) mass is 456 g/mol. The van der Waals surface area contributed by atoms with Crippen LogP contribution >= 0.6 is 0 Å². The zero-order valence-corrected chi connectivity index (χ0v) is 18.6. The number of rotatable bonds is 6. The molecule has 174 valence electrons. The van der Waals surface area contributed by atoms with Crippen LogP contribution in [0.4, 0.5) is 21.0 Å². The lowest BCUT2D eigenvalue weighted by atomic mass is 10.1. The highest BCUT2D eigenvalue weighted by molar-refractivity contribution is 6.08. The van der Waals surface area contributed by atoms with Crippen molar-refractivity contribution in [3.63, 3.8) is 0 Å². The zero-order chi connectivity index (χ0) is 24.4. The van der Waals surface area contributed by atoms with E-state index in [2.05, 4.69) is 30.4 Å². The molecule has 11 heteroatoms. The van der Waals surface area contributed by atoms with Crippen LogP contribution in [-0.2, 0) is 14.3 Å². The molecule has 0 heterocycles. The summed E-state index contributed by atoms with van der Waals surface area (Å²) in [6.07, 6.45) is -1.64. The molecular weight excluding hydrogens is 432 g/mol. The molecule has 0 radical (unpaired) electrons. The summed E-state index contributed by atoms with van der Waals surface area (Å²) in [4.78, 5) is 50.3. The number of nitrogens with zero attached hydrogens (tertiary/aromatic N) is 1. The van der Waals surface area contributed by atoms with E-state index in [1.54, 1.807) is 43.3 Å². The molecule has 0 aliphatic carbocycles. The van der Waals surface area contributed by atoms with Gasteiger partial charge in [0.05, 0.1) is 25.6 Å². The van der Waals surface area contributed by atoms with Gasteiger partial charge in [0.25, 0.3) is 0 Å². The van der Waals surface area contributed by atoms with Crippen LogP contribution in [-0.4, -0.2) is 44.1 Å². The number of guanidine groups is 1. The van der Waals surface area contributed by atoms with Crippen molar-refractivity contribution < 1.29 is 33.4 Å². The van der Waals surface area contributed by atoms with E-state index < -0.39 is 12.2 Å². The molecule has 3 amide bonds. The number of carbonyl (C=O) groups excluding carboxylic acids is 4. The number of anilines is 2. The number of hydrogen-bond acceptors (Lipinski definition) is 7. The van der Waals surface area contributed by atoms with Gasteiger partial charge >= 0.3 is 12.2 Å². The molecule has 2 aromatic rings. The molecule has 2 rings (SSSR count). The summed E-state index contributed by atoms with van der Waals surface area (Å²) in [5, 5.41) is 7.71. The Morgan fingerprint density at radius 3 is 2.12 bits per heavy atom. The summed E-state index contributed by atoms with van der Waals surface area (Å²) in [7, 11) is 2.27. The number of amides is 3. The van der Waals surface area contributed by atoms with Crippen LogP contribution in [0.15, 0.2) is 47.5 Å². The number of ether oxygens (including phenoxy) is 3. The van der Waals surface area contributed by atoms with Gasteiger partial charge in [0.15, 0.2) is 5.78 Å². The number of carbonyl (C=O) groups is 4. The molecule has 11 nitrogen and oxygen atoms in total. The van der Waals surface area contributed by atoms with Crippen LogP contribution in [0.2, 0.25) is 0 Å². The van der Waals surface area contributed by atoms with Crippen molar-refractivity contribution in [3.05, 3.63) is 48.0 Å². The lowest BCUT2D eigenvalue weighted by Crippen LogP contribution is -2.36. The maximum atomic E-state index is 11.9. The van der Waals surface area contributed by atoms with Crippen molar-refractivity contribution in [2.75, 3.05) is 24.9 Å². The van der Waals surface area contributed by atoms with E-state index in [0.29, 0.717) is 22.7 Å². The number of aliphatic imine (C=N–C) groups is 1. The second-order valence-electron chi connectivity index (χ2n) is 6.46. The summed E-state index contributed by atoms with van der Waals surface area (Å²) in [6.45, 7) is 3.15. The SMILES string of the molecule is CCC(=O)Nc1ccc(Oc2ccc(C(C)=O)cc2)cc1NC(=NC(=O)OC)NC(=O)OC. The summed E-state index contributed by atoms with van der Waals surface area (Å²) < 4.78 is 14.9. The number of methoxy groups -OCH3 is 2. The van der Waals surface area contributed by atoms with Gasteiger partial charge in [0.1, 0.15) is 11.5 Å². The zero-order valence-electron chi connectivity index (χ0n) is 18.6. The van der Waals surface area contributed by atoms with Crippen LogP contribution in [0.25, 0.3) is 0 Å². The summed E-state index contributed by atoms with van der Waals surface area (Å²) in [6, 6.07) is 11.3. The summed E-state index contributed by atoms with van der Waals surface area (Å²) in [5.74, 6) is 0.188. The largest absolute Gasteiger partial charge is 0.457 e. The van der Waals surface area contributed by atoms with Gasteiger partial charge < -0.3 is 24.8 Å². The quantitative estimate of drug-likeness (QED) is 0.337. The molecule has 0 aromatic heterocycles. The van der Waals surface area contributed by atoms with E-state index >= 15 is 0 Å². The van der Waals surface area contributed by atoms with Crippen LogP contribution in [0, 0.1) is 0 Å². The number of ketones is 1. The molecule has 2 aromatic carbocycles. The van der Waals surface area contributed by atoms with Gasteiger partial charge in [-0.2, -0.15) is 0 Å². The van der Waals surface area contributed by atoms with Gasteiger partial charge in [-0.1, -0.05) is 6.92 Å². The number of benzene rings is 2. The Labute approximate surface area is 190 Å². The molecular formula is C22H24N4O7. The van der Waals surface area contributed by atoms with Crippen LogP contribution in [0.3, 0.4) is 0 Å². The van der Waals surface area contributed by atoms with E-state index in [9.17, 15) is 19.2 Å². The average Bonchev–Trinajstić information content (AvgIpc) is 2.80. The van der Waals surface area contributed by atoms with Crippen molar-refractivity contribution in [2.45, 2.75) is 20.3 Å². The molecule has 0 unspecified atom stereocenters. The van der Waals surface area contributed by atoms with E-state index in [1.807, 2.05) is 0 Å². The highest BCUT2D eigenvalue weighted by atomic mass is 16.5. The topological polar surface area (TPSA) is 144 Å². The minimum atomic E-state index is -0.981. The number of Topliss-reactive ketones (excluding diaryl/α,β-unsaturated/α-hetero) is 1. The van der Waals surface area contributed by atoms with Crippen molar-refractivity contribution >= 4 is 41.2 Å². The first kappa shape index (κ1) is 24.9. The first-order valence-electron chi connectivity index (χ1n) is 9.77. The van der Waals surface area contributed by atoms with Gasteiger partial charge in [-0.15, -0.1) is 4.99 Å². The first-order chi connectivity index (χ1) is 15.7. The number of nitrogens with one attached hydrogen (secondary N) is 3. The standard InChI is InChI=1S/C22H24N4O7/c1-5-19(28)23-17-11-10-16(33-15-8-6-14(7-9-15)13(2)27)12-18(17)24-20(25-21(29)31-3)26-22(30)32-4/h6-12H,5H2,1-4H3,(H,23,28)(H2,24,25,26,29,30). The maximum absolute atomic E-state index is 11.9. The predicted octanol–water partition coefficient (Wildman–Crippen LogP) is 3.92. The average molecular weight is 456 g/mol. The third-order valence-corrected chi connectivity index (χ3v) is 4.12. The smallest absolute Gasteiger partial charge is 0.436 e. The molecule has 0 fully saturated rings. The Balaban J connectivity index is 2.39. The molecule has 33 heavy (non-hydrogen) atoms. The van der Waals surface area contributed by atoms with Gasteiger partial charge in [0, 0.05) is 18.1 Å². The van der Waals surface area contributed by atoms with Crippen molar-refractivity contribution in [2.24, 2.45) is 4.99 Å². The Morgan fingerprint density at radius 1 is 0.879 bits per heavy atom. The third-order valence-electron chi connectivity index (χ3n) is 4.12. The fraction of sp³-hybridized carbons (Fsp3) is 0.227. The second kappa shape index (κ2) is 11.8. The normalized spacial score (nSPS) is 10.6. The van der Waals surface area contributed by atoms with E-state index in [-0.39, 0.29) is 29.8 Å². The van der Waals surface area contributed by atoms with E-state index in [4.69, 9.17) is 4.74 Å². The first-order valence-corrected chi connectivity index (χ1v) is 9.77. The number of alkyl carbamates (subject to hydrolysis) is 1. The van der Waals surface area contributed by atoms with Crippen molar-refractivity contribution in [1.29, 1.82) is 0 Å². The molecule has 0 aliphatic rings. The molecule has 0 atom stereocenters. The fourth-order valence-electron chi connectivity index (χ4n) is 2.43. The Kier molecular flexibility index (Phi) is 8.92. The van der Waals surface area contributed by atoms with Crippen molar-refractivity contribution in [3.8, 4) is 11.5 Å². The van der Waals surface area contributed by atoms with Crippen molar-refractivity contribution in [1.82, 2.24) is 5.32 Å². The number of hydrogen-bond donors (Lipinski definition) is 3. The van der Waals surface area contributed by atoms with Crippen LogP contribution in [0.5, 0.6) is 11.5 Å². The molecule has 0 aliphatic heterocycles. The molecule has 0 saturated carbocycles. The Hall–Kier alpha value is -4.41. The molecule has 3 N–H and O–H groups in total. The maximum Gasteiger partial charge on any atom is 0.436 e.